The van der Waals surface area contributed by atoms with Gasteiger partial charge in [-0.25, -0.2) is 9.79 Å². The number of hydrogen-bond acceptors (Lipinski definition) is 6. The summed E-state index contributed by atoms with van der Waals surface area (Å²) >= 11 is 4.65. The maximum atomic E-state index is 13.4. The normalized spacial score (nSPS) is 16.1. The maximum absolute atomic E-state index is 13.4. The zero-order chi connectivity index (χ0) is 22.1. The molecule has 2 aromatic carbocycles. The molecule has 1 aromatic heterocycles. The first kappa shape index (κ1) is 21.3. The number of carbonyl (C=O) groups excluding carboxylic acids is 1. The maximum Gasteiger partial charge on any atom is 0.338 e. The third-order valence-corrected chi connectivity index (χ3v) is 6.44. The van der Waals surface area contributed by atoms with E-state index in [0.29, 0.717) is 26.2 Å². The van der Waals surface area contributed by atoms with Gasteiger partial charge in [-0.3, -0.25) is 9.36 Å². The van der Waals surface area contributed by atoms with Crippen molar-refractivity contribution >= 4 is 39.3 Å². The van der Waals surface area contributed by atoms with Crippen LogP contribution >= 0.6 is 27.3 Å². The molecule has 1 aliphatic rings. The standard InChI is InChI=1S/C23H19BrN2O4S/c1-3-30-22(29)19-13(2)25-23-26(20(19)14-8-10-16(24)11-9-14)21(28)18(31-23)12-15-6-4-5-7-17(15)27/h4-12,20,27H,3H2,1-2H3/b18-12-/t20-/m1/s1. The molecule has 31 heavy (non-hydrogen) atoms. The van der Waals surface area contributed by atoms with Gasteiger partial charge in [-0.2, -0.15) is 0 Å². The van der Waals surface area contributed by atoms with Crippen molar-refractivity contribution in [3.63, 3.8) is 0 Å². The van der Waals surface area contributed by atoms with Crippen LogP contribution in [-0.4, -0.2) is 22.2 Å². The zero-order valence-corrected chi connectivity index (χ0v) is 19.2. The Bertz CT molecular complexity index is 1370. The Kier molecular flexibility index (Phi) is 5.93. The summed E-state index contributed by atoms with van der Waals surface area (Å²) < 4.78 is 8.12. The number of aromatic hydroxyl groups is 1. The molecule has 0 bridgehead atoms. The van der Waals surface area contributed by atoms with Crippen LogP contribution in [0, 0.1) is 0 Å². The molecule has 1 N–H and O–H groups in total. The Balaban J connectivity index is 1.97. The summed E-state index contributed by atoms with van der Waals surface area (Å²) in [5.74, 6) is -0.409. The van der Waals surface area contributed by atoms with Gasteiger partial charge in [-0.15, -0.1) is 0 Å². The molecule has 0 aliphatic carbocycles. The van der Waals surface area contributed by atoms with Crippen LogP contribution < -0.4 is 14.9 Å². The first-order chi connectivity index (χ1) is 14.9. The molecule has 3 aromatic rings. The smallest absolute Gasteiger partial charge is 0.338 e. The lowest BCUT2D eigenvalue weighted by molar-refractivity contribution is -0.139. The van der Waals surface area contributed by atoms with Gasteiger partial charge in [0, 0.05) is 10.0 Å². The fourth-order valence-electron chi connectivity index (χ4n) is 3.50. The van der Waals surface area contributed by atoms with Gasteiger partial charge in [0.15, 0.2) is 4.80 Å². The Hall–Kier alpha value is -2.97. The summed E-state index contributed by atoms with van der Waals surface area (Å²) in [5.41, 5.74) is 1.88. The predicted octanol–water partition coefficient (Wildman–Crippen LogP) is 3.27. The Morgan fingerprint density at radius 1 is 1.26 bits per heavy atom. The van der Waals surface area contributed by atoms with E-state index in [1.807, 2.05) is 24.3 Å². The third kappa shape index (κ3) is 4.00. The zero-order valence-electron chi connectivity index (χ0n) is 16.8. The molecule has 2 heterocycles. The number of nitrogens with zero attached hydrogens (tertiary/aromatic N) is 2. The minimum absolute atomic E-state index is 0.0844. The summed E-state index contributed by atoms with van der Waals surface area (Å²) in [5, 5.41) is 10.1. The number of para-hydroxylation sites is 1. The first-order valence-electron chi connectivity index (χ1n) is 9.64. The van der Waals surface area contributed by atoms with Crippen LogP contribution in [0.4, 0.5) is 0 Å². The fraction of sp³-hybridized carbons (Fsp3) is 0.174. The van der Waals surface area contributed by atoms with E-state index in [1.165, 1.54) is 15.9 Å². The highest BCUT2D eigenvalue weighted by molar-refractivity contribution is 9.10. The first-order valence-corrected chi connectivity index (χ1v) is 11.2. The molecule has 8 heteroatoms. The van der Waals surface area contributed by atoms with Crippen molar-refractivity contribution in [2.45, 2.75) is 19.9 Å². The van der Waals surface area contributed by atoms with Crippen LogP contribution in [0.5, 0.6) is 5.75 Å². The molecule has 1 atom stereocenters. The van der Waals surface area contributed by atoms with E-state index in [9.17, 15) is 14.7 Å². The number of benzene rings is 2. The average Bonchev–Trinajstić information content (AvgIpc) is 3.04. The van der Waals surface area contributed by atoms with Crippen LogP contribution in [-0.2, 0) is 9.53 Å². The molecule has 0 saturated heterocycles. The van der Waals surface area contributed by atoms with E-state index in [-0.39, 0.29) is 17.9 Å². The van der Waals surface area contributed by atoms with Crippen molar-refractivity contribution in [3.05, 3.63) is 95.1 Å². The fourth-order valence-corrected chi connectivity index (χ4v) is 4.80. The van der Waals surface area contributed by atoms with Gasteiger partial charge in [0.1, 0.15) is 5.75 Å². The second-order valence-electron chi connectivity index (χ2n) is 6.91. The van der Waals surface area contributed by atoms with Crippen LogP contribution in [0.15, 0.2) is 74.1 Å². The van der Waals surface area contributed by atoms with Gasteiger partial charge < -0.3 is 9.84 Å². The number of carbonyl (C=O) groups is 1. The van der Waals surface area contributed by atoms with Gasteiger partial charge in [-0.1, -0.05) is 57.6 Å². The topological polar surface area (TPSA) is 80.9 Å². The monoisotopic (exact) mass is 498 g/mol. The van der Waals surface area contributed by atoms with Gasteiger partial charge in [-0.05, 0) is 43.7 Å². The van der Waals surface area contributed by atoms with Crippen LogP contribution in [0.2, 0.25) is 0 Å². The molecular weight excluding hydrogens is 480 g/mol. The van der Waals surface area contributed by atoms with E-state index >= 15 is 0 Å². The van der Waals surface area contributed by atoms with E-state index in [4.69, 9.17) is 4.74 Å². The summed E-state index contributed by atoms with van der Waals surface area (Å²) in [6, 6.07) is 13.6. The molecule has 6 nitrogen and oxygen atoms in total. The quantitative estimate of drug-likeness (QED) is 0.559. The highest BCUT2D eigenvalue weighted by Crippen LogP contribution is 2.31. The van der Waals surface area contributed by atoms with Crippen molar-refractivity contribution in [1.82, 2.24) is 4.57 Å². The average molecular weight is 499 g/mol. The molecule has 0 fully saturated rings. The minimum atomic E-state index is -0.657. The summed E-state index contributed by atoms with van der Waals surface area (Å²) in [6.45, 7) is 3.71. The number of fused-ring (bicyclic) bond motifs is 1. The van der Waals surface area contributed by atoms with Crippen molar-refractivity contribution in [2.75, 3.05) is 6.61 Å². The van der Waals surface area contributed by atoms with E-state index in [0.717, 1.165) is 10.0 Å². The lowest BCUT2D eigenvalue weighted by atomic mass is 9.96. The van der Waals surface area contributed by atoms with Gasteiger partial charge >= 0.3 is 5.97 Å². The van der Waals surface area contributed by atoms with E-state index in [1.54, 1.807) is 44.2 Å². The number of hydrogen-bond donors (Lipinski definition) is 1. The number of rotatable bonds is 4. The minimum Gasteiger partial charge on any atom is -0.507 e. The SMILES string of the molecule is CCOC(=O)C1=C(C)N=c2s/c(=C\c3ccccc3O)c(=O)n2[C@@H]1c1ccc(Br)cc1. The Labute approximate surface area is 190 Å². The number of halogens is 1. The number of aromatic nitrogens is 1. The molecule has 0 unspecified atom stereocenters. The number of phenols is 1. The molecule has 0 saturated carbocycles. The van der Waals surface area contributed by atoms with E-state index in [2.05, 4.69) is 20.9 Å². The number of ether oxygens (including phenoxy) is 1. The molecule has 0 amide bonds. The number of allylic oxidation sites excluding steroid dienone is 1. The highest BCUT2D eigenvalue weighted by atomic mass is 79.9. The van der Waals surface area contributed by atoms with Crippen LogP contribution in [0.1, 0.15) is 31.0 Å². The third-order valence-electron chi connectivity index (χ3n) is 4.93. The summed E-state index contributed by atoms with van der Waals surface area (Å²) in [6.07, 6.45) is 1.64. The van der Waals surface area contributed by atoms with Crippen LogP contribution in [0.25, 0.3) is 6.08 Å². The van der Waals surface area contributed by atoms with Crippen molar-refractivity contribution in [3.8, 4) is 5.75 Å². The Morgan fingerprint density at radius 3 is 2.65 bits per heavy atom. The van der Waals surface area contributed by atoms with Gasteiger partial charge in [0.2, 0.25) is 0 Å². The molecule has 4 rings (SSSR count). The molecule has 0 radical (unpaired) electrons. The molecule has 1 aliphatic heterocycles. The van der Waals surface area contributed by atoms with E-state index < -0.39 is 12.0 Å². The summed E-state index contributed by atoms with van der Waals surface area (Å²) in [4.78, 5) is 31.3. The van der Waals surface area contributed by atoms with Crippen LogP contribution in [0.3, 0.4) is 0 Å². The molecule has 158 valence electrons. The van der Waals surface area contributed by atoms with Crippen molar-refractivity contribution < 1.29 is 14.6 Å². The molecule has 0 spiro atoms. The number of thiazole rings is 1. The second-order valence-corrected chi connectivity index (χ2v) is 8.84. The van der Waals surface area contributed by atoms with Gasteiger partial charge in [0.25, 0.3) is 5.56 Å². The highest BCUT2D eigenvalue weighted by Gasteiger charge is 2.33. The lowest BCUT2D eigenvalue weighted by Gasteiger charge is -2.24. The molecular formula is C23H19BrN2O4S. The lowest BCUT2D eigenvalue weighted by Crippen LogP contribution is -2.39. The van der Waals surface area contributed by atoms with Gasteiger partial charge in [0.05, 0.1) is 28.5 Å². The predicted molar refractivity (Wildman–Crippen MR) is 123 cm³/mol. The largest absolute Gasteiger partial charge is 0.507 e. The Morgan fingerprint density at radius 2 is 1.97 bits per heavy atom. The number of esters is 1. The summed E-state index contributed by atoms with van der Waals surface area (Å²) in [7, 11) is 0. The van der Waals surface area contributed by atoms with Crippen molar-refractivity contribution in [1.29, 1.82) is 0 Å². The second kappa shape index (κ2) is 8.64. The van der Waals surface area contributed by atoms with Crippen molar-refractivity contribution in [2.24, 2.45) is 4.99 Å². The number of phenolic OH excluding ortho intramolecular Hbond substituents is 1.